The van der Waals surface area contributed by atoms with Gasteiger partial charge in [0.2, 0.25) is 5.91 Å². The normalized spacial score (nSPS) is 33.3. The maximum atomic E-state index is 12.3. The molecule has 0 aromatic carbocycles. The molecule has 7 nitrogen and oxygen atoms in total. The van der Waals surface area contributed by atoms with E-state index in [0.29, 0.717) is 4.91 Å². The summed E-state index contributed by atoms with van der Waals surface area (Å²) in [6.07, 6.45) is 0.00461. The number of aliphatic carboxylic acids is 1. The molecule has 0 aromatic heterocycles. The van der Waals surface area contributed by atoms with Crippen LogP contribution in [0.2, 0.25) is 0 Å². The number of thioether (sulfide) groups is 1. The summed E-state index contributed by atoms with van der Waals surface area (Å²) in [5.74, 6) is -2.34. The van der Waals surface area contributed by atoms with Crippen molar-refractivity contribution < 1.29 is 49.4 Å². The van der Waals surface area contributed by atoms with Crippen LogP contribution >= 0.6 is 24.0 Å². The third kappa shape index (κ3) is 3.97. The zero-order chi connectivity index (χ0) is 19.3. The Kier molecular flexibility index (Phi) is 7.44. The number of carbonyl (C=O) groups is 2. The summed E-state index contributed by atoms with van der Waals surface area (Å²) in [5, 5.41) is 25.2. The molecule has 0 saturated carbocycles. The third-order valence-corrected chi connectivity index (χ3v) is 7.59. The summed E-state index contributed by atoms with van der Waals surface area (Å²) in [6.45, 7) is 4.21. The molecule has 3 heterocycles. The fourth-order valence-electron chi connectivity index (χ4n) is 4.14. The first kappa shape index (κ1) is 23.1. The Morgan fingerprint density at radius 1 is 1.48 bits per heavy atom. The summed E-state index contributed by atoms with van der Waals surface area (Å²) in [4.78, 5) is 28.8. The van der Waals surface area contributed by atoms with Gasteiger partial charge in [0.05, 0.1) is 40.8 Å². The van der Waals surface area contributed by atoms with Gasteiger partial charge in [0.1, 0.15) is 0 Å². The van der Waals surface area contributed by atoms with Crippen molar-refractivity contribution in [2.24, 2.45) is 11.8 Å². The van der Waals surface area contributed by atoms with Crippen LogP contribution in [-0.2, 0) is 9.59 Å². The van der Waals surface area contributed by atoms with Crippen molar-refractivity contribution in [3.8, 4) is 0 Å². The van der Waals surface area contributed by atoms with E-state index in [-0.39, 0.29) is 64.4 Å². The van der Waals surface area contributed by atoms with E-state index in [1.54, 1.807) is 6.92 Å². The van der Waals surface area contributed by atoms with E-state index in [2.05, 4.69) is 5.32 Å². The summed E-state index contributed by atoms with van der Waals surface area (Å²) in [5.41, 5.74) is -0.0203. The van der Waals surface area contributed by atoms with E-state index in [9.17, 15) is 19.8 Å². The van der Waals surface area contributed by atoms with Crippen molar-refractivity contribution in [3.63, 3.8) is 0 Å². The quantitative estimate of drug-likeness (QED) is 0.265. The molecule has 0 aromatic rings. The molecule has 3 aliphatic heterocycles. The van der Waals surface area contributed by atoms with E-state index < -0.39 is 18.0 Å². The minimum atomic E-state index is -1.33. The van der Waals surface area contributed by atoms with Crippen LogP contribution < -0.4 is 40.0 Å². The molecule has 6 atom stereocenters. The molecule has 1 amide bonds. The zero-order valence-electron chi connectivity index (χ0n) is 16.3. The van der Waals surface area contributed by atoms with Crippen LogP contribution in [-0.4, -0.2) is 75.8 Å². The SMILES string of the molecule is C[C@@H](O)[C@H]1C(=O)N2C(C(=O)[O-])=C(S[C@@H]3CN[C@H](C(=S)N(C)C)C3)[C@H](C)[C@H]12.[Na+]. The van der Waals surface area contributed by atoms with Crippen LogP contribution in [0.4, 0.5) is 0 Å². The fourth-order valence-corrected chi connectivity index (χ4v) is 5.80. The summed E-state index contributed by atoms with van der Waals surface area (Å²) < 4.78 is 0. The largest absolute Gasteiger partial charge is 1.00 e. The average Bonchev–Trinajstić information content (AvgIpc) is 3.09. The molecular weight excluding hydrogens is 397 g/mol. The van der Waals surface area contributed by atoms with Gasteiger partial charge in [-0.05, 0) is 13.3 Å². The summed E-state index contributed by atoms with van der Waals surface area (Å²) in [7, 11) is 3.82. The Balaban J connectivity index is 0.00000261. The van der Waals surface area contributed by atoms with Gasteiger partial charge in [-0.15, -0.1) is 11.8 Å². The van der Waals surface area contributed by atoms with E-state index in [1.165, 1.54) is 16.7 Å². The fraction of sp³-hybridized carbons (Fsp3) is 0.706. The van der Waals surface area contributed by atoms with Crippen LogP contribution in [0.3, 0.4) is 0 Å². The van der Waals surface area contributed by atoms with Crippen LogP contribution in [0.25, 0.3) is 0 Å². The molecule has 2 saturated heterocycles. The molecular formula is C17H24N3NaO4S2. The number of nitrogens with one attached hydrogen (secondary N) is 1. The van der Waals surface area contributed by atoms with Crippen molar-refractivity contribution in [3.05, 3.63) is 10.6 Å². The number of hydrogen-bond acceptors (Lipinski definition) is 7. The number of carboxylic acid groups (broad SMARTS) is 1. The van der Waals surface area contributed by atoms with Crippen LogP contribution in [0, 0.1) is 11.8 Å². The molecule has 0 radical (unpaired) electrons. The number of hydrogen-bond donors (Lipinski definition) is 2. The molecule has 2 N–H and O–H groups in total. The first-order valence-corrected chi connectivity index (χ1v) is 10.0. The Bertz CT molecular complexity index is 685. The molecule has 0 aliphatic carbocycles. The number of thiocarbonyl (C=S) groups is 1. The molecule has 10 heteroatoms. The molecule has 2 fully saturated rings. The smallest absolute Gasteiger partial charge is 0.543 e. The van der Waals surface area contributed by atoms with Gasteiger partial charge in [-0.3, -0.25) is 4.79 Å². The van der Waals surface area contributed by atoms with Gasteiger partial charge in [0, 0.05) is 36.7 Å². The molecule has 3 aliphatic rings. The number of carbonyl (C=O) groups excluding carboxylic acids is 2. The monoisotopic (exact) mass is 421 g/mol. The van der Waals surface area contributed by atoms with Crippen molar-refractivity contribution >= 4 is 40.8 Å². The van der Waals surface area contributed by atoms with Gasteiger partial charge >= 0.3 is 29.6 Å². The van der Waals surface area contributed by atoms with Gasteiger partial charge in [-0.2, -0.15) is 0 Å². The molecule has 0 unspecified atom stereocenters. The Labute approximate surface area is 191 Å². The second-order valence-corrected chi connectivity index (χ2v) is 9.18. The molecule has 144 valence electrons. The first-order chi connectivity index (χ1) is 12.1. The number of aliphatic hydroxyl groups excluding tert-OH is 1. The molecule has 0 bridgehead atoms. The standard InChI is InChI=1S/C17H25N3O4S2.Na/c1-7-12-11(8(2)21)15(22)20(12)13(17(23)24)14(7)26-9-5-10(18-6-9)16(25)19(3)4;/h7-12,18,21H,5-6H2,1-4H3,(H,23,24);/q;+1/p-1/t7-,8-,9+,10+,11-,12-;/m1./s1. The number of fused-ring (bicyclic) bond motifs is 1. The van der Waals surface area contributed by atoms with Crippen molar-refractivity contribution in [1.82, 2.24) is 15.1 Å². The minimum Gasteiger partial charge on any atom is -0.543 e. The topological polar surface area (TPSA) is 95.9 Å². The van der Waals surface area contributed by atoms with Gasteiger partial charge in [-0.1, -0.05) is 19.1 Å². The molecule has 3 rings (SSSR count). The number of carboxylic acids is 1. The first-order valence-electron chi connectivity index (χ1n) is 8.73. The van der Waals surface area contributed by atoms with Crippen molar-refractivity contribution in [2.75, 3.05) is 20.6 Å². The van der Waals surface area contributed by atoms with Crippen LogP contribution in [0.5, 0.6) is 0 Å². The predicted octanol–water partition coefficient (Wildman–Crippen LogP) is -3.84. The Morgan fingerprint density at radius 2 is 2.11 bits per heavy atom. The maximum Gasteiger partial charge on any atom is 1.00 e. The summed E-state index contributed by atoms with van der Waals surface area (Å²) >= 11 is 6.92. The van der Waals surface area contributed by atoms with E-state index in [0.717, 1.165) is 18.0 Å². The number of nitrogens with zero attached hydrogens (tertiary/aromatic N) is 2. The van der Waals surface area contributed by atoms with Crippen molar-refractivity contribution in [2.45, 2.75) is 43.7 Å². The summed E-state index contributed by atoms with van der Waals surface area (Å²) in [6, 6.07) is -0.212. The minimum absolute atomic E-state index is 0. The number of rotatable bonds is 5. The van der Waals surface area contributed by atoms with Gasteiger partial charge in [0.25, 0.3) is 0 Å². The van der Waals surface area contributed by atoms with Crippen LogP contribution in [0.15, 0.2) is 10.6 Å². The van der Waals surface area contributed by atoms with Crippen LogP contribution in [0.1, 0.15) is 20.3 Å². The van der Waals surface area contributed by atoms with Gasteiger partial charge in [0.15, 0.2) is 0 Å². The second-order valence-electron chi connectivity index (χ2n) is 7.42. The van der Waals surface area contributed by atoms with Gasteiger partial charge in [-0.25, -0.2) is 0 Å². The molecule has 27 heavy (non-hydrogen) atoms. The second kappa shape index (κ2) is 8.69. The number of β-lactam (4-membered cyclic amide) rings is 1. The van der Waals surface area contributed by atoms with E-state index in [1.807, 2.05) is 25.9 Å². The Morgan fingerprint density at radius 3 is 2.63 bits per heavy atom. The Hall–Kier alpha value is -0.160. The molecule has 0 spiro atoms. The zero-order valence-corrected chi connectivity index (χ0v) is 19.9. The van der Waals surface area contributed by atoms with E-state index in [4.69, 9.17) is 12.2 Å². The van der Waals surface area contributed by atoms with Crippen molar-refractivity contribution in [1.29, 1.82) is 0 Å². The maximum absolute atomic E-state index is 12.3. The average molecular weight is 422 g/mol. The number of aliphatic hydroxyl groups is 1. The number of likely N-dealkylation sites (N-methyl/N-ethyl adjacent to an activating group) is 1. The van der Waals surface area contributed by atoms with Gasteiger partial charge < -0.3 is 30.1 Å². The van der Waals surface area contributed by atoms with E-state index >= 15 is 0 Å². The predicted molar refractivity (Wildman–Crippen MR) is 101 cm³/mol. The third-order valence-electron chi connectivity index (χ3n) is 5.42. The number of amides is 1.